The zero-order valence-electron chi connectivity index (χ0n) is 13.1. The third-order valence-electron chi connectivity index (χ3n) is 2.93. The second-order valence-corrected chi connectivity index (χ2v) is 4.80. The maximum atomic E-state index is 12.1. The molecule has 1 heterocycles. The van der Waals surface area contributed by atoms with Crippen molar-refractivity contribution in [3.8, 4) is 5.75 Å². The normalized spacial score (nSPS) is 11.6. The van der Waals surface area contributed by atoms with E-state index in [1.807, 2.05) is 30.3 Å². The van der Waals surface area contributed by atoms with Crippen LogP contribution in [0.1, 0.15) is 19.4 Å². The molecule has 122 valence electrons. The molecule has 1 unspecified atom stereocenters. The summed E-state index contributed by atoms with van der Waals surface area (Å²) in [5.41, 5.74) is 0.697. The Kier molecular flexibility index (Phi) is 5.74. The Bertz CT molecular complexity index is 700. The van der Waals surface area contributed by atoms with Crippen LogP contribution in [0.25, 0.3) is 0 Å². The fraction of sp³-hybridized carbons (Fsp3) is 0.312. The van der Waals surface area contributed by atoms with Crippen LogP contribution in [0.3, 0.4) is 0 Å². The first-order chi connectivity index (χ1) is 11.1. The zero-order valence-corrected chi connectivity index (χ0v) is 13.1. The van der Waals surface area contributed by atoms with Crippen molar-refractivity contribution < 1.29 is 14.3 Å². The van der Waals surface area contributed by atoms with E-state index in [0.717, 1.165) is 5.56 Å². The van der Waals surface area contributed by atoms with E-state index in [-0.39, 0.29) is 17.9 Å². The molecule has 1 N–H and O–H groups in total. The van der Waals surface area contributed by atoms with E-state index in [9.17, 15) is 9.59 Å². The summed E-state index contributed by atoms with van der Waals surface area (Å²) in [6, 6.07) is 10.9. The third kappa shape index (κ3) is 5.14. The number of nitrogens with zero attached hydrogens (tertiary/aromatic N) is 2. The molecule has 7 heteroatoms. The molecule has 0 saturated carbocycles. The van der Waals surface area contributed by atoms with E-state index in [0.29, 0.717) is 6.54 Å². The van der Waals surface area contributed by atoms with Crippen molar-refractivity contribution in [2.45, 2.75) is 26.6 Å². The van der Waals surface area contributed by atoms with Crippen molar-refractivity contribution in [1.29, 1.82) is 0 Å². The van der Waals surface area contributed by atoms with Gasteiger partial charge in [-0.2, -0.15) is 5.10 Å². The number of hydrogen-bond donors (Lipinski definition) is 1. The Balaban J connectivity index is 1.99. The van der Waals surface area contributed by atoms with Gasteiger partial charge in [-0.15, -0.1) is 0 Å². The monoisotopic (exact) mass is 317 g/mol. The lowest BCUT2D eigenvalue weighted by atomic mass is 10.2. The van der Waals surface area contributed by atoms with E-state index in [1.165, 1.54) is 16.9 Å². The van der Waals surface area contributed by atoms with Crippen LogP contribution in [0.5, 0.6) is 5.75 Å². The number of nitrogens with one attached hydrogen (secondary N) is 1. The van der Waals surface area contributed by atoms with Gasteiger partial charge in [-0.25, -0.2) is 9.48 Å². The molecule has 23 heavy (non-hydrogen) atoms. The van der Waals surface area contributed by atoms with Crippen LogP contribution in [-0.4, -0.2) is 28.7 Å². The van der Waals surface area contributed by atoms with E-state index >= 15 is 0 Å². The highest BCUT2D eigenvalue weighted by atomic mass is 16.6. The molecule has 1 atom stereocenters. The molecule has 0 aliphatic rings. The molecule has 0 aliphatic carbocycles. The maximum absolute atomic E-state index is 12.1. The lowest BCUT2D eigenvalue weighted by molar-refractivity contribution is 0.120. The summed E-state index contributed by atoms with van der Waals surface area (Å²) in [5.74, 6) is 0.281. The first-order valence-electron chi connectivity index (χ1n) is 7.29. The molecule has 1 aromatic heterocycles. The number of benzene rings is 1. The van der Waals surface area contributed by atoms with Gasteiger partial charge in [-0.3, -0.25) is 10.1 Å². The SMILES string of the molecule is CCOC(=O)NC(C)Oc1cnn(Cc2ccccc2)c(=O)c1. The van der Waals surface area contributed by atoms with Crippen LogP contribution in [0, 0.1) is 0 Å². The Morgan fingerprint density at radius 1 is 1.35 bits per heavy atom. The van der Waals surface area contributed by atoms with Crippen LogP contribution < -0.4 is 15.6 Å². The summed E-state index contributed by atoms with van der Waals surface area (Å²) in [7, 11) is 0. The van der Waals surface area contributed by atoms with Crippen LogP contribution in [0.15, 0.2) is 47.4 Å². The van der Waals surface area contributed by atoms with Crippen molar-refractivity contribution in [1.82, 2.24) is 15.1 Å². The Hall–Kier alpha value is -2.83. The van der Waals surface area contributed by atoms with Gasteiger partial charge in [0.1, 0.15) is 5.75 Å². The lowest BCUT2D eigenvalue weighted by Crippen LogP contribution is -2.37. The summed E-state index contributed by atoms with van der Waals surface area (Å²) in [5, 5.41) is 6.56. The molecule has 0 spiro atoms. The topological polar surface area (TPSA) is 82.4 Å². The highest BCUT2D eigenvalue weighted by Gasteiger charge is 2.10. The van der Waals surface area contributed by atoms with Gasteiger partial charge in [-0.1, -0.05) is 30.3 Å². The Morgan fingerprint density at radius 3 is 2.74 bits per heavy atom. The fourth-order valence-corrected chi connectivity index (χ4v) is 1.93. The van der Waals surface area contributed by atoms with Crippen LogP contribution in [0.4, 0.5) is 4.79 Å². The maximum Gasteiger partial charge on any atom is 0.409 e. The number of hydrogen-bond acceptors (Lipinski definition) is 5. The van der Waals surface area contributed by atoms with Crippen molar-refractivity contribution in [2.75, 3.05) is 6.61 Å². The molecule has 7 nitrogen and oxygen atoms in total. The molecular weight excluding hydrogens is 298 g/mol. The smallest absolute Gasteiger partial charge is 0.409 e. The first kappa shape index (κ1) is 16.5. The predicted octanol–water partition coefficient (Wildman–Crippen LogP) is 1.76. The fourth-order valence-electron chi connectivity index (χ4n) is 1.93. The molecule has 0 fully saturated rings. The number of amides is 1. The Morgan fingerprint density at radius 2 is 2.09 bits per heavy atom. The second kappa shape index (κ2) is 7.98. The minimum Gasteiger partial charge on any atom is -0.469 e. The quantitative estimate of drug-likeness (QED) is 0.821. The van der Waals surface area contributed by atoms with Gasteiger partial charge < -0.3 is 9.47 Å². The summed E-state index contributed by atoms with van der Waals surface area (Å²) in [6.07, 6.45) is 0.221. The molecule has 0 aliphatic heterocycles. The molecule has 0 bridgehead atoms. The first-order valence-corrected chi connectivity index (χ1v) is 7.29. The summed E-state index contributed by atoms with van der Waals surface area (Å²) in [6.45, 7) is 4.00. The highest BCUT2D eigenvalue weighted by molar-refractivity contribution is 5.67. The molecule has 2 rings (SSSR count). The van der Waals surface area contributed by atoms with Crippen molar-refractivity contribution in [2.24, 2.45) is 0 Å². The summed E-state index contributed by atoms with van der Waals surface area (Å²) >= 11 is 0. The second-order valence-electron chi connectivity index (χ2n) is 4.80. The van der Waals surface area contributed by atoms with Gasteiger partial charge in [0.15, 0.2) is 6.23 Å². The van der Waals surface area contributed by atoms with E-state index in [4.69, 9.17) is 9.47 Å². The van der Waals surface area contributed by atoms with Crippen molar-refractivity contribution in [3.63, 3.8) is 0 Å². The molecule has 1 amide bonds. The third-order valence-corrected chi connectivity index (χ3v) is 2.93. The van der Waals surface area contributed by atoms with Gasteiger partial charge in [0, 0.05) is 6.07 Å². The minimum atomic E-state index is -0.639. The summed E-state index contributed by atoms with van der Waals surface area (Å²) < 4.78 is 11.5. The van der Waals surface area contributed by atoms with E-state index in [2.05, 4.69) is 10.4 Å². The Labute approximate surface area is 133 Å². The number of carbonyl (C=O) groups is 1. The number of ether oxygens (including phenoxy) is 2. The molecular formula is C16H19N3O4. The van der Waals surface area contributed by atoms with Gasteiger partial charge in [0.05, 0.1) is 19.3 Å². The van der Waals surface area contributed by atoms with Crippen molar-refractivity contribution in [3.05, 3.63) is 58.5 Å². The predicted molar refractivity (Wildman–Crippen MR) is 84.3 cm³/mol. The average Bonchev–Trinajstić information content (AvgIpc) is 2.51. The number of rotatable bonds is 6. The van der Waals surface area contributed by atoms with Gasteiger partial charge in [0.2, 0.25) is 0 Å². The van der Waals surface area contributed by atoms with E-state index < -0.39 is 12.3 Å². The highest BCUT2D eigenvalue weighted by Crippen LogP contribution is 2.07. The zero-order chi connectivity index (χ0) is 16.7. The average molecular weight is 317 g/mol. The minimum absolute atomic E-state index is 0.273. The van der Waals surface area contributed by atoms with Crippen LogP contribution in [-0.2, 0) is 11.3 Å². The van der Waals surface area contributed by atoms with Crippen molar-refractivity contribution >= 4 is 6.09 Å². The van der Waals surface area contributed by atoms with Gasteiger partial charge >= 0.3 is 6.09 Å². The molecule has 0 radical (unpaired) electrons. The standard InChI is InChI=1S/C16H19N3O4/c1-3-22-16(21)18-12(2)23-14-9-15(20)19(17-10-14)11-13-7-5-4-6-8-13/h4-10,12H,3,11H2,1-2H3,(H,18,21). The lowest BCUT2D eigenvalue weighted by Gasteiger charge is -2.15. The van der Waals surface area contributed by atoms with Crippen LogP contribution >= 0.6 is 0 Å². The molecule has 2 aromatic rings. The number of alkyl carbamates (subject to hydrolysis) is 1. The number of aromatic nitrogens is 2. The van der Waals surface area contributed by atoms with Gasteiger partial charge in [-0.05, 0) is 19.4 Å². The largest absolute Gasteiger partial charge is 0.469 e. The van der Waals surface area contributed by atoms with E-state index in [1.54, 1.807) is 13.8 Å². The van der Waals surface area contributed by atoms with Crippen LogP contribution in [0.2, 0.25) is 0 Å². The molecule has 0 saturated heterocycles. The number of carbonyl (C=O) groups excluding carboxylic acids is 1. The molecule has 1 aromatic carbocycles. The van der Waals surface area contributed by atoms with Gasteiger partial charge in [0.25, 0.3) is 5.56 Å². The summed E-state index contributed by atoms with van der Waals surface area (Å²) in [4.78, 5) is 23.3.